The van der Waals surface area contributed by atoms with Crippen LogP contribution in [0.25, 0.3) is 0 Å². The van der Waals surface area contributed by atoms with Crippen molar-refractivity contribution in [2.45, 2.75) is 51.1 Å². The molecule has 3 heterocycles. The number of aryl methyl sites for hydroxylation is 2. The SMILES string of the molecule is Cc1noc(C)c1CN1CCC2(CC1)[C@@H](c1ccccc1)CC(=O)N2C. The van der Waals surface area contributed by atoms with Gasteiger partial charge in [-0.1, -0.05) is 35.5 Å². The van der Waals surface area contributed by atoms with E-state index in [0.29, 0.717) is 12.3 Å². The molecule has 1 spiro atoms. The molecule has 1 aromatic heterocycles. The third kappa shape index (κ3) is 2.75. The minimum atomic E-state index is -0.0479. The fraction of sp³-hybridized carbons (Fsp3) is 0.524. The highest BCUT2D eigenvalue weighted by atomic mass is 16.5. The maximum Gasteiger partial charge on any atom is 0.223 e. The van der Waals surface area contributed by atoms with Crippen molar-refractivity contribution in [2.75, 3.05) is 20.1 Å². The molecule has 138 valence electrons. The molecular formula is C21H27N3O2. The van der Waals surface area contributed by atoms with Gasteiger partial charge in [-0.3, -0.25) is 9.69 Å². The molecular weight excluding hydrogens is 326 g/mol. The molecule has 0 N–H and O–H groups in total. The molecule has 5 nitrogen and oxygen atoms in total. The lowest BCUT2D eigenvalue weighted by Crippen LogP contribution is -2.53. The van der Waals surface area contributed by atoms with E-state index < -0.39 is 0 Å². The molecule has 26 heavy (non-hydrogen) atoms. The Labute approximate surface area is 155 Å². The van der Waals surface area contributed by atoms with Crippen LogP contribution in [-0.2, 0) is 11.3 Å². The average Bonchev–Trinajstić information content (AvgIpc) is 3.10. The summed E-state index contributed by atoms with van der Waals surface area (Å²) < 4.78 is 5.31. The van der Waals surface area contributed by atoms with E-state index in [2.05, 4.69) is 34.3 Å². The largest absolute Gasteiger partial charge is 0.361 e. The zero-order chi connectivity index (χ0) is 18.3. The first-order valence-corrected chi connectivity index (χ1v) is 9.47. The van der Waals surface area contributed by atoms with E-state index in [1.54, 1.807) is 0 Å². The standard InChI is InChI=1S/C21H27N3O2/c1-15-18(16(2)26-22-15)14-24-11-9-21(10-12-24)19(13-20(25)23(21)3)17-7-5-4-6-8-17/h4-8,19H,9-14H2,1-3H3/t19-/m1/s1. The molecule has 2 aromatic rings. The van der Waals surface area contributed by atoms with E-state index >= 15 is 0 Å². The highest BCUT2D eigenvalue weighted by Gasteiger charge is 2.52. The number of rotatable bonds is 3. The molecule has 4 rings (SSSR count). The lowest BCUT2D eigenvalue weighted by molar-refractivity contribution is -0.130. The summed E-state index contributed by atoms with van der Waals surface area (Å²) in [6.45, 7) is 6.85. The van der Waals surface area contributed by atoms with Gasteiger partial charge >= 0.3 is 0 Å². The first-order valence-electron chi connectivity index (χ1n) is 9.47. The van der Waals surface area contributed by atoms with Crippen LogP contribution in [0.15, 0.2) is 34.9 Å². The number of aromatic nitrogens is 1. The van der Waals surface area contributed by atoms with Crippen LogP contribution in [0.1, 0.15) is 47.8 Å². The Bertz CT molecular complexity index is 771. The molecule has 2 aliphatic heterocycles. The van der Waals surface area contributed by atoms with Gasteiger partial charge in [0.2, 0.25) is 5.91 Å². The molecule has 0 unspecified atom stereocenters. The fourth-order valence-corrected chi connectivity index (χ4v) is 4.83. The van der Waals surface area contributed by atoms with E-state index in [0.717, 1.165) is 43.9 Å². The van der Waals surface area contributed by atoms with Crippen molar-refractivity contribution in [3.8, 4) is 0 Å². The molecule has 0 aliphatic carbocycles. The number of piperidine rings is 1. The van der Waals surface area contributed by atoms with Crippen molar-refractivity contribution in [1.82, 2.24) is 15.0 Å². The van der Waals surface area contributed by atoms with Gasteiger partial charge in [0.15, 0.2) is 0 Å². The van der Waals surface area contributed by atoms with Gasteiger partial charge in [-0.15, -0.1) is 0 Å². The van der Waals surface area contributed by atoms with Crippen molar-refractivity contribution in [3.05, 3.63) is 52.9 Å². The Morgan fingerprint density at radius 2 is 1.88 bits per heavy atom. The van der Waals surface area contributed by atoms with E-state index in [9.17, 15) is 4.79 Å². The topological polar surface area (TPSA) is 49.6 Å². The molecule has 1 aromatic carbocycles. The number of likely N-dealkylation sites (tertiary alicyclic amines) is 2. The summed E-state index contributed by atoms with van der Waals surface area (Å²) in [5.41, 5.74) is 3.44. The van der Waals surface area contributed by atoms with Crippen LogP contribution in [0, 0.1) is 13.8 Å². The van der Waals surface area contributed by atoms with Crippen molar-refractivity contribution < 1.29 is 9.32 Å². The van der Waals surface area contributed by atoms with Crippen molar-refractivity contribution in [2.24, 2.45) is 0 Å². The van der Waals surface area contributed by atoms with Gasteiger partial charge in [-0.05, 0) is 32.3 Å². The normalized spacial score (nSPS) is 23.1. The third-order valence-electron chi connectivity index (χ3n) is 6.56. The van der Waals surface area contributed by atoms with E-state index in [4.69, 9.17) is 4.52 Å². The summed E-state index contributed by atoms with van der Waals surface area (Å²) >= 11 is 0. The molecule has 1 amide bonds. The van der Waals surface area contributed by atoms with E-state index in [-0.39, 0.29) is 11.4 Å². The van der Waals surface area contributed by atoms with Crippen LogP contribution in [-0.4, -0.2) is 46.5 Å². The molecule has 0 bridgehead atoms. The van der Waals surface area contributed by atoms with Gasteiger partial charge < -0.3 is 9.42 Å². The summed E-state index contributed by atoms with van der Waals surface area (Å²) in [4.78, 5) is 17.1. The second kappa shape index (κ2) is 6.54. The van der Waals surface area contributed by atoms with Gasteiger partial charge in [0, 0.05) is 44.6 Å². The zero-order valence-electron chi connectivity index (χ0n) is 15.9. The predicted octanol–water partition coefficient (Wildman–Crippen LogP) is 3.27. The molecule has 2 saturated heterocycles. The smallest absolute Gasteiger partial charge is 0.223 e. The Balaban J connectivity index is 1.53. The average molecular weight is 353 g/mol. The number of hydrogen-bond acceptors (Lipinski definition) is 4. The fourth-order valence-electron chi connectivity index (χ4n) is 4.83. The van der Waals surface area contributed by atoms with Gasteiger partial charge in [-0.25, -0.2) is 0 Å². The van der Waals surface area contributed by atoms with Crippen LogP contribution >= 0.6 is 0 Å². The van der Waals surface area contributed by atoms with Gasteiger partial charge in [0.05, 0.1) is 11.2 Å². The highest BCUT2D eigenvalue weighted by Crippen LogP contribution is 2.48. The minimum Gasteiger partial charge on any atom is -0.361 e. The first kappa shape index (κ1) is 17.3. The van der Waals surface area contributed by atoms with Gasteiger partial charge in [-0.2, -0.15) is 0 Å². The molecule has 0 radical (unpaired) electrons. The Hall–Kier alpha value is -2.14. The van der Waals surface area contributed by atoms with Crippen molar-refractivity contribution in [3.63, 3.8) is 0 Å². The van der Waals surface area contributed by atoms with Gasteiger partial charge in [0.25, 0.3) is 0 Å². The number of carbonyl (C=O) groups is 1. The maximum atomic E-state index is 12.6. The molecule has 1 atom stereocenters. The van der Waals surface area contributed by atoms with Gasteiger partial charge in [0.1, 0.15) is 5.76 Å². The summed E-state index contributed by atoms with van der Waals surface area (Å²) in [5, 5.41) is 4.07. The number of hydrogen-bond donors (Lipinski definition) is 0. The Kier molecular flexibility index (Phi) is 4.35. The number of likely N-dealkylation sites (N-methyl/N-ethyl adjacent to an activating group) is 1. The van der Waals surface area contributed by atoms with Crippen LogP contribution in [0.2, 0.25) is 0 Å². The van der Waals surface area contributed by atoms with Crippen LogP contribution in [0.4, 0.5) is 0 Å². The maximum absolute atomic E-state index is 12.6. The summed E-state index contributed by atoms with van der Waals surface area (Å²) in [5.74, 6) is 1.48. The zero-order valence-corrected chi connectivity index (χ0v) is 15.9. The van der Waals surface area contributed by atoms with E-state index in [1.165, 1.54) is 11.1 Å². The molecule has 2 aliphatic rings. The summed E-state index contributed by atoms with van der Waals surface area (Å²) in [6, 6.07) is 10.6. The quantitative estimate of drug-likeness (QED) is 0.850. The molecule has 2 fully saturated rings. The van der Waals surface area contributed by atoms with Crippen molar-refractivity contribution >= 4 is 5.91 Å². The summed E-state index contributed by atoms with van der Waals surface area (Å²) in [7, 11) is 2.00. The second-order valence-electron chi connectivity index (χ2n) is 7.80. The predicted molar refractivity (Wildman–Crippen MR) is 99.8 cm³/mol. The number of benzene rings is 1. The van der Waals surface area contributed by atoms with Crippen LogP contribution in [0.3, 0.4) is 0 Å². The number of nitrogens with zero attached hydrogens (tertiary/aromatic N) is 3. The van der Waals surface area contributed by atoms with Crippen molar-refractivity contribution in [1.29, 1.82) is 0 Å². The monoisotopic (exact) mass is 353 g/mol. The second-order valence-corrected chi connectivity index (χ2v) is 7.80. The molecule has 5 heteroatoms. The van der Waals surface area contributed by atoms with Crippen LogP contribution in [0.5, 0.6) is 0 Å². The van der Waals surface area contributed by atoms with Crippen LogP contribution < -0.4 is 0 Å². The summed E-state index contributed by atoms with van der Waals surface area (Å²) in [6.07, 6.45) is 2.65. The Morgan fingerprint density at radius 1 is 1.19 bits per heavy atom. The highest BCUT2D eigenvalue weighted by molar-refractivity contribution is 5.81. The first-order chi connectivity index (χ1) is 12.5. The Morgan fingerprint density at radius 3 is 2.50 bits per heavy atom. The lowest BCUT2D eigenvalue weighted by atomic mass is 9.73. The minimum absolute atomic E-state index is 0.0479. The lowest BCUT2D eigenvalue weighted by Gasteiger charge is -2.47. The number of carbonyl (C=O) groups excluding carboxylic acids is 1. The number of amides is 1. The molecule has 0 saturated carbocycles. The van der Waals surface area contributed by atoms with E-state index in [1.807, 2.05) is 31.9 Å². The third-order valence-corrected chi connectivity index (χ3v) is 6.56.